The van der Waals surface area contributed by atoms with Gasteiger partial charge in [-0.1, -0.05) is 65.8 Å². The Morgan fingerprint density at radius 2 is 1.04 bits per heavy atom. The van der Waals surface area contributed by atoms with Crippen molar-refractivity contribution in [1.29, 1.82) is 0 Å². The van der Waals surface area contributed by atoms with E-state index in [1.54, 1.807) is 12.1 Å². The average molecular weight is 384 g/mol. The van der Waals surface area contributed by atoms with Crippen LogP contribution in [0.25, 0.3) is 0 Å². The third-order valence-electron chi connectivity index (χ3n) is 5.86. The number of rotatable bonds is 8. The van der Waals surface area contributed by atoms with Gasteiger partial charge in [-0.25, -0.2) is 0 Å². The van der Waals surface area contributed by atoms with Crippen LogP contribution in [0.3, 0.4) is 0 Å². The van der Waals surface area contributed by atoms with Gasteiger partial charge in [0.2, 0.25) is 0 Å². The molecule has 0 aliphatic rings. The Morgan fingerprint density at radius 1 is 0.679 bits per heavy atom. The first-order valence-corrected chi connectivity index (χ1v) is 10.5. The Kier molecular flexibility index (Phi) is 7.54. The summed E-state index contributed by atoms with van der Waals surface area (Å²) in [5.74, 6) is 2.01. The number of hydrogen-bond donors (Lipinski definition) is 3. The van der Waals surface area contributed by atoms with Crippen molar-refractivity contribution in [1.82, 2.24) is 0 Å². The fourth-order valence-electron chi connectivity index (χ4n) is 3.96. The first-order chi connectivity index (χ1) is 13.1. The summed E-state index contributed by atoms with van der Waals surface area (Å²) in [6.07, 6.45) is 1.80. The lowest BCUT2D eigenvalue weighted by atomic mass is 9.83. The third kappa shape index (κ3) is 5.51. The van der Waals surface area contributed by atoms with Crippen LogP contribution in [0.5, 0.6) is 11.5 Å². The van der Waals surface area contributed by atoms with E-state index in [-0.39, 0.29) is 6.04 Å². The zero-order valence-corrected chi connectivity index (χ0v) is 18.2. The number of benzene rings is 2. The summed E-state index contributed by atoms with van der Waals surface area (Å²) >= 11 is 0. The van der Waals surface area contributed by atoms with Crippen molar-refractivity contribution < 1.29 is 10.2 Å². The molecule has 0 saturated carbocycles. The third-order valence-corrected chi connectivity index (χ3v) is 5.86. The van der Waals surface area contributed by atoms with Crippen molar-refractivity contribution in [2.75, 3.05) is 0 Å². The topological polar surface area (TPSA) is 66.5 Å². The second-order valence-electron chi connectivity index (χ2n) is 9.04. The molecule has 0 heterocycles. The van der Waals surface area contributed by atoms with Gasteiger partial charge in [-0.15, -0.1) is 0 Å². The molecule has 2 rings (SSSR count). The molecule has 0 aliphatic carbocycles. The number of phenols is 2. The van der Waals surface area contributed by atoms with Gasteiger partial charge in [-0.05, 0) is 70.9 Å². The highest BCUT2D eigenvalue weighted by atomic mass is 16.3. The lowest BCUT2D eigenvalue weighted by Crippen LogP contribution is -2.37. The van der Waals surface area contributed by atoms with Gasteiger partial charge in [0.1, 0.15) is 11.5 Å². The lowest BCUT2D eigenvalue weighted by Gasteiger charge is -2.27. The van der Waals surface area contributed by atoms with Gasteiger partial charge < -0.3 is 15.9 Å². The lowest BCUT2D eigenvalue weighted by molar-refractivity contribution is 0.340. The zero-order valence-electron chi connectivity index (χ0n) is 18.2. The van der Waals surface area contributed by atoms with Crippen molar-refractivity contribution in [2.45, 2.75) is 72.3 Å². The van der Waals surface area contributed by atoms with E-state index >= 15 is 0 Å². The smallest absolute Gasteiger partial charge is 0.119 e. The highest BCUT2D eigenvalue weighted by Gasteiger charge is 2.21. The van der Waals surface area contributed by atoms with Crippen LogP contribution in [0, 0.1) is 11.8 Å². The van der Waals surface area contributed by atoms with E-state index in [0.29, 0.717) is 35.2 Å². The number of hydrogen-bond acceptors (Lipinski definition) is 3. The quantitative estimate of drug-likeness (QED) is 0.545. The molecular formula is C25H37NO2. The van der Waals surface area contributed by atoms with Crippen molar-refractivity contribution in [3.05, 3.63) is 58.7 Å². The van der Waals surface area contributed by atoms with Crippen LogP contribution in [0.4, 0.5) is 0 Å². The maximum Gasteiger partial charge on any atom is 0.119 e. The van der Waals surface area contributed by atoms with Crippen molar-refractivity contribution in [3.8, 4) is 11.5 Å². The summed E-state index contributed by atoms with van der Waals surface area (Å²) in [6.45, 7) is 12.8. The van der Waals surface area contributed by atoms with E-state index in [1.807, 2.05) is 12.1 Å². The van der Waals surface area contributed by atoms with Gasteiger partial charge >= 0.3 is 0 Å². The van der Waals surface area contributed by atoms with Crippen LogP contribution in [0.2, 0.25) is 0 Å². The second kappa shape index (κ2) is 9.47. The molecule has 0 aromatic heterocycles. The average Bonchev–Trinajstić information content (AvgIpc) is 2.63. The van der Waals surface area contributed by atoms with Gasteiger partial charge in [0.25, 0.3) is 0 Å². The summed E-state index contributed by atoms with van der Waals surface area (Å²) in [4.78, 5) is 0. The van der Waals surface area contributed by atoms with Crippen LogP contribution in [0.1, 0.15) is 75.6 Å². The van der Waals surface area contributed by atoms with E-state index in [1.165, 1.54) is 11.1 Å². The second-order valence-corrected chi connectivity index (χ2v) is 9.04. The van der Waals surface area contributed by atoms with Crippen molar-refractivity contribution in [3.63, 3.8) is 0 Å². The summed E-state index contributed by atoms with van der Waals surface area (Å²) in [6, 6.07) is 11.9. The Labute approximate surface area is 170 Å². The Hall–Kier alpha value is -2.00. The van der Waals surface area contributed by atoms with Gasteiger partial charge in [-0.3, -0.25) is 0 Å². The van der Waals surface area contributed by atoms with E-state index < -0.39 is 0 Å². The molecule has 0 aliphatic heterocycles. The summed E-state index contributed by atoms with van der Waals surface area (Å²) in [7, 11) is 0. The highest BCUT2D eigenvalue weighted by molar-refractivity contribution is 5.39. The molecule has 0 spiro atoms. The van der Waals surface area contributed by atoms with E-state index in [4.69, 9.17) is 5.73 Å². The molecule has 0 bridgehead atoms. The highest BCUT2D eigenvalue weighted by Crippen LogP contribution is 2.30. The zero-order chi connectivity index (χ0) is 21.0. The fourth-order valence-corrected chi connectivity index (χ4v) is 3.96. The molecule has 28 heavy (non-hydrogen) atoms. The van der Waals surface area contributed by atoms with Crippen molar-refractivity contribution in [2.24, 2.45) is 17.6 Å². The fraction of sp³-hybridized carbons (Fsp3) is 0.520. The Morgan fingerprint density at radius 3 is 1.36 bits per heavy atom. The molecule has 2 unspecified atom stereocenters. The minimum atomic E-state index is 0.0765. The largest absolute Gasteiger partial charge is 0.508 e. The molecule has 0 radical (unpaired) electrons. The monoisotopic (exact) mass is 383 g/mol. The standard InChI is InChI=1S/C25H37NO2/c1-15(2)21-13-19(7-9-23(21)27)11-17(5)25(26)18(6)12-20-8-10-24(28)22(14-20)16(3)4/h7-10,13-18,25,27-28H,11-12,26H2,1-6H3. The Balaban J connectivity index is 2.05. The first-order valence-electron chi connectivity index (χ1n) is 10.5. The summed E-state index contributed by atoms with van der Waals surface area (Å²) < 4.78 is 0. The summed E-state index contributed by atoms with van der Waals surface area (Å²) in [5, 5.41) is 20.1. The molecule has 2 aromatic rings. The molecular weight excluding hydrogens is 346 g/mol. The first kappa shape index (κ1) is 22.3. The van der Waals surface area contributed by atoms with Crippen LogP contribution in [-0.2, 0) is 12.8 Å². The molecule has 0 saturated heterocycles. The van der Waals surface area contributed by atoms with Gasteiger partial charge in [0, 0.05) is 6.04 Å². The van der Waals surface area contributed by atoms with Crippen LogP contribution >= 0.6 is 0 Å². The molecule has 2 aromatic carbocycles. The maximum absolute atomic E-state index is 10.0. The number of aromatic hydroxyl groups is 2. The van der Waals surface area contributed by atoms with Crippen LogP contribution in [-0.4, -0.2) is 16.3 Å². The van der Waals surface area contributed by atoms with Gasteiger partial charge in [0.05, 0.1) is 0 Å². The molecule has 3 nitrogen and oxygen atoms in total. The summed E-state index contributed by atoms with van der Waals surface area (Å²) in [5.41, 5.74) is 11.1. The Bertz CT molecular complexity index is 717. The molecule has 3 heteroatoms. The van der Waals surface area contributed by atoms with Crippen LogP contribution < -0.4 is 5.73 Å². The van der Waals surface area contributed by atoms with Crippen LogP contribution in [0.15, 0.2) is 36.4 Å². The van der Waals surface area contributed by atoms with E-state index in [2.05, 4.69) is 53.7 Å². The van der Waals surface area contributed by atoms with Crippen molar-refractivity contribution >= 4 is 0 Å². The van der Waals surface area contributed by atoms with Gasteiger partial charge in [-0.2, -0.15) is 0 Å². The minimum Gasteiger partial charge on any atom is -0.508 e. The molecule has 154 valence electrons. The number of nitrogens with two attached hydrogens (primary N) is 1. The number of phenolic OH excluding ortho intramolecular Hbond substituents is 2. The normalized spacial score (nSPS) is 15.0. The molecule has 2 atom stereocenters. The van der Waals surface area contributed by atoms with Gasteiger partial charge in [0.15, 0.2) is 0 Å². The molecule has 4 N–H and O–H groups in total. The SMILES string of the molecule is CC(C)c1cc(CC(C)C(N)C(C)Cc2ccc(O)c(C(C)C)c2)ccc1O. The predicted molar refractivity (Wildman–Crippen MR) is 118 cm³/mol. The van der Waals surface area contributed by atoms with E-state index in [0.717, 1.165) is 24.0 Å². The molecule has 0 amide bonds. The predicted octanol–water partition coefficient (Wildman–Crippen LogP) is 5.73. The van der Waals surface area contributed by atoms with E-state index in [9.17, 15) is 10.2 Å². The minimum absolute atomic E-state index is 0.0765. The molecule has 0 fully saturated rings. The maximum atomic E-state index is 10.0.